The lowest BCUT2D eigenvalue weighted by atomic mass is 10.1. The highest BCUT2D eigenvalue weighted by Crippen LogP contribution is 2.19. The Morgan fingerprint density at radius 3 is 2.32 bits per heavy atom. The van der Waals surface area contributed by atoms with Crippen molar-refractivity contribution < 1.29 is 9.53 Å². The Labute approximate surface area is 149 Å². The fraction of sp³-hybridized carbons (Fsp3) is 0.350. The summed E-state index contributed by atoms with van der Waals surface area (Å²) in [4.78, 5) is 16.6. The van der Waals surface area contributed by atoms with Crippen LogP contribution in [-0.4, -0.2) is 48.9 Å². The first-order valence-corrected chi connectivity index (χ1v) is 8.63. The van der Waals surface area contributed by atoms with E-state index in [-0.39, 0.29) is 5.91 Å². The van der Waals surface area contributed by atoms with Crippen LogP contribution in [0, 0.1) is 0 Å². The van der Waals surface area contributed by atoms with Gasteiger partial charge in [-0.3, -0.25) is 4.79 Å². The van der Waals surface area contributed by atoms with Crippen LogP contribution in [-0.2, 0) is 11.4 Å². The minimum atomic E-state index is -0.619. The van der Waals surface area contributed by atoms with Gasteiger partial charge >= 0.3 is 0 Å². The second kappa shape index (κ2) is 8.14. The van der Waals surface area contributed by atoms with Gasteiger partial charge in [0.2, 0.25) is 5.91 Å². The average Bonchev–Trinajstić information content (AvgIpc) is 2.67. The summed E-state index contributed by atoms with van der Waals surface area (Å²) in [6, 6.07) is 16.9. The van der Waals surface area contributed by atoms with E-state index in [1.807, 2.05) is 59.5 Å². The molecule has 1 atom stereocenters. The number of likely N-dealkylation sites (N-methyl/N-ethyl adjacent to an activating group) is 1. The summed E-state index contributed by atoms with van der Waals surface area (Å²) in [7, 11) is 2.07. The third-order valence-corrected chi connectivity index (χ3v) is 4.57. The summed E-state index contributed by atoms with van der Waals surface area (Å²) in [6.07, 6.45) is 0. The normalized spacial score (nSPS) is 16.5. The molecule has 0 spiro atoms. The largest absolute Gasteiger partial charge is 0.489 e. The summed E-state index contributed by atoms with van der Waals surface area (Å²) in [5.74, 6) is 0.762. The van der Waals surface area contributed by atoms with Crippen LogP contribution in [0.2, 0.25) is 0 Å². The molecule has 1 heterocycles. The molecule has 2 aromatic carbocycles. The Hall–Kier alpha value is -2.37. The molecule has 0 saturated carbocycles. The number of nitrogens with zero attached hydrogens (tertiary/aromatic N) is 2. The van der Waals surface area contributed by atoms with E-state index in [9.17, 15) is 4.79 Å². The number of rotatable bonds is 5. The van der Waals surface area contributed by atoms with Crippen molar-refractivity contribution in [3.63, 3.8) is 0 Å². The third kappa shape index (κ3) is 4.59. The lowest BCUT2D eigenvalue weighted by Gasteiger charge is -2.34. The number of benzene rings is 2. The van der Waals surface area contributed by atoms with Gasteiger partial charge in [0.25, 0.3) is 0 Å². The van der Waals surface area contributed by atoms with Crippen molar-refractivity contribution in [3.05, 3.63) is 65.7 Å². The van der Waals surface area contributed by atoms with Crippen LogP contribution >= 0.6 is 0 Å². The highest BCUT2D eigenvalue weighted by Gasteiger charge is 2.25. The van der Waals surface area contributed by atoms with Gasteiger partial charge in [0.1, 0.15) is 18.4 Å². The minimum Gasteiger partial charge on any atom is -0.489 e. The van der Waals surface area contributed by atoms with Gasteiger partial charge in [-0.15, -0.1) is 0 Å². The Bertz CT molecular complexity index is 680. The lowest BCUT2D eigenvalue weighted by molar-refractivity contribution is -0.134. The van der Waals surface area contributed by atoms with Gasteiger partial charge in [-0.2, -0.15) is 0 Å². The molecule has 5 heteroatoms. The molecule has 1 saturated heterocycles. The van der Waals surface area contributed by atoms with E-state index < -0.39 is 6.04 Å². The smallest absolute Gasteiger partial charge is 0.244 e. The summed E-state index contributed by atoms with van der Waals surface area (Å²) < 4.78 is 5.77. The maximum atomic E-state index is 12.6. The second-order valence-corrected chi connectivity index (χ2v) is 6.45. The standard InChI is InChI=1S/C20H25N3O2/c1-22-11-13-23(14-12-22)20(24)19(21)17-7-9-18(10-8-17)25-15-16-5-3-2-4-6-16/h2-10,19H,11-15,21H2,1H3. The molecule has 25 heavy (non-hydrogen) atoms. The molecular weight excluding hydrogens is 314 g/mol. The Morgan fingerprint density at radius 1 is 1.04 bits per heavy atom. The molecule has 2 aromatic rings. The number of ether oxygens (including phenoxy) is 1. The molecule has 3 rings (SSSR count). The molecule has 132 valence electrons. The molecule has 1 amide bonds. The SMILES string of the molecule is CN1CCN(C(=O)C(N)c2ccc(OCc3ccccc3)cc2)CC1. The van der Waals surface area contributed by atoms with E-state index in [0.29, 0.717) is 6.61 Å². The minimum absolute atomic E-state index is 0.00828. The molecule has 2 N–H and O–H groups in total. The first-order chi connectivity index (χ1) is 12.1. The van der Waals surface area contributed by atoms with Crippen molar-refractivity contribution >= 4 is 5.91 Å². The predicted octanol–water partition coefficient (Wildman–Crippen LogP) is 2.04. The number of carbonyl (C=O) groups is 1. The molecule has 0 aromatic heterocycles. The summed E-state index contributed by atoms with van der Waals surface area (Å²) >= 11 is 0. The first kappa shape index (κ1) is 17.5. The van der Waals surface area contributed by atoms with Crippen molar-refractivity contribution in [2.75, 3.05) is 33.2 Å². The Kier molecular flexibility index (Phi) is 5.68. The fourth-order valence-electron chi connectivity index (χ4n) is 2.88. The number of nitrogens with two attached hydrogens (primary N) is 1. The van der Waals surface area contributed by atoms with Crippen LogP contribution in [0.5, 0.6) is 5.75 Å². The quantitative estimate of drug-likeness (QED) is 0.906. The maximum absolute atomic E-state index is 12.6. The molecule has 0 bridgehead atoms. The Balaban J connectivity index is 1.56. The summed E-state index contributed by atoms with van der Waals surface area (Å²) in [6.45, 7) is 3.78. The van der Waals surface area contributed by atoms with Crippen molar-refractivity contribution in [2.24, 2.45) is 5.73 Å². The van der Waals surface area contributed by atoms with Crippen LogP contribution in [0.3, 0.4) is 0 Å². The number of carbonyl (C=O) groups excluding carboxylic acids is 1. The van der Waals surface area contributed by atoms with Crippen LogP contribution in [0.1, 0.15) is 17.2 Å². The van der Waals surface area contributed by atoms with Crippen molar-refractivity contribution in [1.82, 2.24) is 9.80 Å². The van der Waals surface area contributed by atoms with Gasteiger partial charge in [0, 0.05) is 26.2 Å². The van der Waals surface area contributed by atoms with Crippen molar-refractivity contribution in [1.29, 1.82) is 0 Å². The second-order valence-electron chi connectivity index (χ2n) is 6.45. The Morgan fingerprint density at radius 2 is 1.68 bits per heavy atom. The van der Waals surface area contributed by atoms with E-state index in [1.54, 1.807) is 0 Å². The van der Waals surface area contributed by atoms with E-state index in [2.05, 4.69) is 11.9 Å². The summed E-state index contributed by atoms with van der Waals surface area (Å²) in [5.41, 5.74) is 8.11. The lowest BCUT2D eigenvalue weighted by Crippen LogP contribution is -2.49. The zero-order valence-electron chi connectivity index (χ0n) is 14.6. The maximum Gasteiger partial charge on any atom is 0.244 e. The van der Waals surface area contributed by atoms with Crippen LogP contribution < -0.4 is 10.5 Å². The van der Waals surface area contributed by atoms with Gasteiger partial charge in [-0.05, 0) is 30.3 Å². The molecule has 5 nitrogen and oxygen atoms in total. The molecule has 0 radical (unpaired) electrons. The summed E-state index contributed by atoms with van der Waals surface area (Å²) in [5, 5.41) is 0. The van der Waals surface area contributed by atoms with Gasteiger partial charge in [0.05, 0.1) is 0 Å². The van der Waals surface area contributed by atoms with Gasteiger partial charge in [-0.25, -0.2) is 0 Å². The average molecular weight is 339 g/mol. The number of hydrogen-bond acceptors (Lipinski definition) is 4. The van der Waals surface area contributed by atoms with Gasteiger partial charge in [0.15, 0.2) is 0 Å². The fourth-order valence-corrected chi connectivity index (χ4v) is 2.88. The highest BCUT2D eigenvalue weighted by molar-refractivity contribution is 5.83. The predicted molar refractivity (Wildman–Crippen MR) is 98.2 cm³/mol. The zero-order chi connectivity index (χ0) is 17.6. The molecule has 0 aliphatic carbocycles. The number of amides is 1. The first-order valence-electron chi connectivity index (χ1n) is 8.63. The van der Waals surface area contributed by atoms with Crippen LogP contribution in [0.4, 0.5) is 0 Å². The molecular formula is C20H25N3O2. The van der Waals surface area contributed by atoms with E-state index in [0.717, 1.165) is 43.1 Å². The third-order valence-electron chi connectivity index (χ3n) is 4.57. The molecule has 1 aliphatic heterocycles. The molecule has 1 unspecified atom stereocenters. The number of hydrogen-bond donors (Lipinski definition) is 1. The number of piperazine rings is 1. The van der Waals surface area contributed by atoms with Gasteiger partial charge in [-0.1, -0.05) is 42.5 Å². The van der Waals surface area contributed by atoms with E-state index in [1.165, 1.54) is 0 Å². The van der Waals surface area contributed by atoms with Gasteiger partial charge < -0.3 is 20.3 Å². The highest BCUT2D eigenvalue weighted by atomic mass is 16.5. The zero-order valence-corrected chi connectivity index (χ0v) is 14.6. The topological polar surface area (TPSA) is 58.8 Å². The van der Waals surface area contributed by atoms with Crippen molar-refractivity contribution in [2.45, 2.75) is 12.6 Å². The van der Waals surface area contributed by atoms with Crippen molar-refractivity contribution in [3.8, 4) is 5.75 Å². The molecule has 1 fully saturated rings. The molecule has 1 aliphatic rings. The van der Waals surface area contributed by atoms with Crippen LogP contribution in [0.25, 0.3) is 0 Å². The van der Waals surface area contributed by atoms with E-state index in [4.69, 9.17) is 10.5 Å². The van der Waals surface area contributed by atoms with Crippen LogP contribution in [0.15, 0.2) is 54.6 Å². The monoisotopic (exact) mass is 339 g/mol. The van der Waals surface area contributed by atoms with E-state index >= 15 is 0 Å².